The lowest BCUT2D eigenvalue weighted by molar-refractivity contribution is 1.38. The van der Waals surface area contributed by atoms with Crippen LogP contribution in [0.4, 0.5) is 0 Å². The van der Waals surface area contributed by atoms with Crippen LogP contribution >= 0.6 is 0 Å². The highest BCUT2D eigenvalue weighted by atomic mass is 15.0. The van der Waals surface area contributed by atoms with Crippen molar-refractivity contribution in [3.8, 4) is 0 Å². The molecule has 0 aliphatic rings. The van der Waals surface area contributed by atoms with Crippen LogP contribution in [0.5, 0.6) is 0 Å². The average molecular weight is 125 g/mol. The number of aliphatic imine (C=N–C) groups is 1. The molecular formula is C6H11N3. The molecule has 3 heteroatoms. The van der Waals surface area contributed by atoms with Gasteiger partial charge in [0.1, 0.15) is 0 Å². The van der Waals surface area contributed by atoms with Gasteiger partial charge in [0, 0.05) is 6.21 Å². The first-order valence-electron chi connectivity index (χ1n) is 2.68. The predicted molar refractivity (Wildman–Crippen MR) is 39.8 cm³/mol. The second kappa shape index (κ2) is 3.83. The van der Waals surface area contributed by atoms with Crippen LogP contribution in [0.3, 0.4) is 0 Å². The van der Waals surface area contributed by atoms with E-state index in [0.29, 0.717) is 0 Å². The molecule has 0 aromatic carbocycles. The van der Waals surface area contributed by atoms with E-state index in [2.05, 4.69) is 4.99 Å². The van der Waals surface area contributed by atoms with E-state index in [1.54, 1.807) is 6.21 Å². The van der Waals surface area contributed by atoms with Crippen LogP contribution in [-0.2, 0) is 0 Å². The van der Waals surface area contributed by atoms with Gasteiger partial charge in [-0.1, -0.05) is 6.08 Å². The highest BCUT2D eigenvalue weighted by Crippen LogP contribution is 1.84. The van der Waals surface area contributed by atoms with E-state index in [1.807, 2.05) is 19.9 Å². The van der Waals surface area contributed by atoms with Crippen LogP contribution in [0.1, 0.15) is 13.8 Å². The lowest BCUT2D eigenvalue weighted by Gasteiger charge is -1.85. The third kappa shape index (κ3) is 4.74. The monoisotopic (exact) mass is 125 g/mol. The average Bonchev–Trinajstić information content (AvgIpc) is 1.83. The Labute approximate surface area is 54.8 Å². The first-order valence-corrected chi connectivity index (χ1v) is 2.68. The number of rotatable bonds is 1. The number of allylic oxidation sites excluding steroid dienone is 2. The van der Waals surface area contributed by atoms with E-state index in [9.17, 15) is 0 Å². The van der Waals surface area contributed by atoms with Gasteiger partial charge < -0.3 is 5.73 Å². The summed E-state index contributed by atoms with van der Waals surface area (Å²) in [6, 6.07) is 0. The third-order valence-corrected chi connectivity index (χ3v) is 0.863. The molecule has 0 atom stereocenters. The Bertz CT molecular complexity index is 156. The molecule has 0 saturated heterocycles. The third-order valence-electron chi connectivity index (χ3n) is 0.863. The number of nitrogens with one attached hydrogen (secondary N) is 1. The number of hydrogen-bond donors (Lipinski definition) is 2. The van der Waals surface area contributed by atoms with E-state index in [1.165, 1.54) is 0 Å². The quantitative estimate of drug-likeness (QED) is 0.397. The normalized spacial score (nSPS) is 12.4. The summed E-state index contributed by atoms with van der Waals surface area (Å²) in [5.41, 5.74) is 5.96. The minimum Gasteiger partial charge on any atom is -0.368 e. The highest BCUT2D eigenvalue weighted by Gasteiger charge is 1.78. The summed E-state index contributed by atoms with van der Waals surface area (Å²) in [5, 5.41) is 6.72. The van der Waals surface area contributed by atoms with Crippen LogP contribution in [-0.4, -0.2) is 12.2 Å². The molecule has 0 aliphatic heterocycles. The molecule has 50 valence electrons. The maximum Gasteiger partial charge on any atom is 0.212 e. The minimum absolute atomic E-state index is 0.156. The molecule has 0 aliphatic carbocycles. The summed E-state index contributed by atoms with van der Waals surface area (Å²) in [6.07, 6.45) is 3.45. The Morgan fingerprint density at radius 1 is 1.67 bits per heavy atom. The van der Waals surface area contributed by atoms with Gasteiger partial charge in [-0.05, 0) is 19.4 Å². The SMILES string of the molecule is C/C=C(/C)C=NC(=N)N. The Kier molecular flexibility index (Phi) is 3.35. The minimum atomic E-state index is -0.156. The van der Waals surface area contributed by atoms with Crippen molar-refractivity contribution in [1.29, 1.82) is 5.41 Å². The van der Waals surface area contributed by atoms with Gasteiger partial charge in [-0.15, -0.1) is 0 Å². The lowest BCUT2D eigenvalue weighted by Crippen LogP contribution is -2.05. The molecule has 9 heavy (non-hydrogen) atoms. The number of nitrogens with two attached hydrogens (primary N) is 1. The second-order valence-electron chi connectivity index (χ2n) is 1.68. The van der Waals surface area contributed by atoms with Crippen LogP contribution in [0.15, 0.2) is 16.6 Å². The largest absolute Gasteiger partial charge is 0.368 e. The molecule has 0 fully saturated rings. The van der Waals surface area contributed by atoms with E-state index in [0.717, 1.165) is 5.57 Å². The van der Waals surface area contributed by atoms with Crippen molar-refractivity contribution in [1.82, 2.24) is 0 Å². The Hall–Kier alpha value is -1.12. The van der Waals surface area contributed by atoms with Gasteiger partial charge in [0.2, 0.25) is 5.96 Å². The lowest BCUT2D eigenvalue weighted by atomic mass is 10.3. The van der Waals surface area contributed by atoms with Gasteiger partial charge in [-0.25, -0.2) is 4.99 Å². The van der Waals surface area contributed by atoms with Crippen molar-refractivity contribution in [3.05, 3.63) is 11.6 Å². The van der Waals surface area contributed by atoms with Crippen molar-refractivity contribution < 1.29 is 0 Å². The fraction of sp³-hybridized carbons (Fsp3) is 0.333. The Balaban J connectivity index is 3.86. The number of hydrogen-bond acceptors (Lipinski definition) is 1. The van der Waals surface area contributed by atoms with Crippen molar-refractivity contribution in [2.24, 2.45) is 10.7 Å². The molecule has 0 aromatic heterocycles. The fourth-order valence-corrected chi connectivity index (χ4v) is 0.246. The smallest absolute Gasteiger partial charge is 0.212 e. The van der Waals surface area contributed by atoms with Gasteiger partial charge in [0.25, 0.3) is 0 Å². The topological polar surface area (TPSA) is 62.2 Å². The molecule has 0 radical (unpaired) electrons. The van der Waals surface area contributed by atoms with E-state index in [4.69, 9.17) is 11.1 Å². The summed E-state index contributed by atoms with van der Waals surface area (Å²) >= 11 is 0. The van der Waals surface area contributed by atoms with E-state index in [-0.39, 0.29) is 5.96 Å². The van der Waals surface area contributed by atoms with Crippen LogP contribution in [0.2, 0.25) is 0 Å². The summed E-state index contributed by atoms with van der Waals surface area (Å²) < 4.78 is 0. The fourth-order valence-electron chi connectivity index (χ4n) is 0.246. The van der Waals surface area contributed by atoms with Gasteiger partial charge in [-0.3, -0.25) is 5.41 Å². The zero-order valence-corrected chi connectivity index (χ0v) is 5.68. The van der Waals surface area contributed by atoms with Gasteiger partial charge in [0.15, 0.2) is 0 Å². The first-order chi connectivity index (χ1) is 4.16. The molecule has 3 N–H and O–H groups in total. The molecular weight excluding hydrogens is 114 g/mol. The van der Waals surface area contributed by atoms with Gasteiger partial charge >= 0.3 is 0 Å². The van der Waals surface area contributed by atoms with Crippen LogP contribution in [0.25, 0.3) is 0 Å². The highest BCUT2D eigenvalue weighted by molar-refractivity contribution is 5.90. The Morgan fingerprint density at radius 2 is 2.22 bits per heavy atom. The zero-order chi connectivity index (χ0) is 7.28. The molecule has 0 saturated carbocycles. The first kappa shape index (κ1) is 7.88. The summed E-state index contributed by atoms with van der Waals surface area (Å²) in [7, 11) is 0. The standard InChI is InChI=1S/C6H11N3/c1-3-5(2)4-9-6(7)8/h3-4H,1-2H3,(H3,7,8)/b5-3-,9-4?. The molecule has 0 heterocycles. The molecule has 0 rings (SSSR count). The number of nitrogens with zero attached hydrogens (tertiary/aromatic N) is 1. The molecule has 0 unspecified atom stereocenters. The van der Waals surface area contributed by atoms with E-state index >= 15 is 0 Å². The number of guanidine groups is 1. The van der Waals surface area contributed by atoms with Crippen molar-refractivity contribution >= 4 is 12.2 Å². The molecule has 0 spiro atoms. The molecule has 0 aromatic rings. The van der Waals surface area contributed by atoms with Gasteiger partial charge in [0.05, 0.1) is 0 Å². The summed E-state index contributed by atoms with van der Waals surface area (Å²) in [4.78, 5) is 3.56. The maximum absolute atomic E-state index is 6.72. The van der Waals surface area contributed by atoms with Gasteiger partial charge in [-0.2, -0.15) is 0 Å². The summed E-state index contributed by atoms with van der Waals surface area (Å²) in [5.74, 6) is -0.156. The summed E-state index contributed by atoms with van der Waals surface area (Å²) in [6.45, 7) is 3.80. The molecule has 3 nitrogen and oxygen atoms in total. The van der Waals surface area contributed by atoms with Crippen molar-refractivity contribution in [3.63, 3.8) is 0 Å². The van der Waals surface area contributed by atoms with E-state index < -0.39 is 0 Å². The molecule has 0 amide bonds. The van der Waals surface area contributed by atoms with Crippen LogP contribution < -0.4 is 5.73 Å². The van der Waals surface area contributed by atoms with Crippen LogP contribution in [0, 0.1) is 5.41 Å². The maximum atomic E-state index is 6.72. The van der Waals surface area contributed by atoms with Crippen molar-refractivity contribution in [2.45, 2.75) is 13.8 Å². The zero-order valence-electron chi connectivity index (χ0n) is 5.68. The predicted octanol–water partition coefficient (Wildman–Crippen LogP) is 0.917. The second-order valence-corrected chi connectivity index (χ2v) is 1.68. The molecule has 0 bridgehead atoms. The van der Waals surface area contributed by atoms with Crippen molar-refractivity contribution in [2.75, 3.05) is 0 Å². The Morgan fingerprint density at radius 3 is 2.56 bits per heavy atom.